The zero-order valence-corrected chi connectivity index (χ0v) is 9.19. The van der Waals surface area contributed by atoms with E-state index in [1.165, 1.54) is 22.3 Å². The fraction of sp³-hybridized carbons (Fsp3) is 0.125. The molecular weight excluding hydrogens is 192 g/mol. The molecule has 2 aliphatic rings. The van der Waals surface area contributed by atoms with Crippen LogP contribution in [0.5, 0.6) is 0 Å². The molecule has 0 radical (unpaired) electrons. The minimum atomic E-state index is 1.01. The van der Waals surface area contributed by atoms with Gasteiger partial charge in [0, 0.05) is 0 Å². The van der Waals surface area contributed by atoms with Crippen molar-refractivity contribution < 1.29 is 0 Å². The van der Waals surface area contributed by atoms with Gasteiger partial charge < -0.3 is 0 Å². The first-order valence-electron chi connectivity index (χ1n) is 5.76. The molecule has 0 saturated carbocycles. The van der Waals surface area contributed by atoms with Crippen molar-refractivity contribution >= 4 is 12.2 Å². The lowest BCUT2D eigenvalue weighted by Crippen LogP contribution is -2.00. The third-order valence-corrected chi connectivity index (χ3v) is 3.12. The van der Waals surface area contributed by atoms with Gasteiger partial charge in [-0.05, 0) is 35.1 Å². The lowest BCUT2D eigenvalue weighted by Gasteiger charge is -2.16. The number of hydrogen-bond acceptors (Lipinski definition) is 0. The maximum atomic E-state index is 2.24. The zero-order valence-electron chi connectivity index (χ0n) is 9.19. The van der Waals surface area contributed by atoms with Crippen LogP contribution < -0.4 is 0 Å². The number of allylic oxidation sites excluding steroid dienone is 6. The van der Waals surface area contributed by atoms with Crippen molar-refractivity contribution in [2.45, 2.75) is 12.8 Å². The van der Waals surface area contributed by atoms with Crippen LogP contribution in [0.2, 0.25) is 0 Å². The molecule has 0 unspecified atom stereocenters. The molecule has 0 nitrogen and oxygen atoms in total. The van der Waals surface area contributed by atoms with Crippen LogP contribution in [0.25, 0.3) is 12.2 Å². The van der Waals surface area contributed by atoms with Crippen molar-refractivity contribution in [2.24, 2.45) is 0 Å². The van der Waals surface area contributed by atoms with E-state index in [0.29, 0.717) is 0 Å². The molecule has 0 N–H and O–H groups in total. The number of benzene rings is 1. The number of rotatable bonds is 0. The second-order valence-electron chi connectivity index (χ2n) is 4.23. The van der Waals surface area contributed by atoms with E-state index in [4.69, 9.17) is 0 Å². The molecule has 0 aromatic heterocycles. The van der Waals surface area contributed by atoms with Crippen molar-refractivity contribution in [3.8, 4) is 0 Å². The van der Waals surface area contributed by atoms with Gasteiger partial charge >= 0.3 is 0 Å². The van der Waals surface area contributed by atoms with E-state index >= 15 is 0 Å². The fourth-order valence-electron chi connectivity index (χ4n) is 2.26. The van der Waals surface area contributed by atoms with Crippen molar-refractivity contribution in [2.75, 3.05) is 0 Å². The van der Waals surface area contributed by atoms with Crippen molar-refractivity contribution in [1.82, 2.24) is 0 Å². The molecule has 0 fully saturated rings. The largest absolute Gasteiger partial charge is 0.0807 e. The maximum Gasteiger partial charge on any atom is -0.00139 e. The number of hydrogen-bond donors (Lipinski definition) is 0. The van der Waals surface area contributed by atoms with Gasteiger partial charge in [-0.25, -0.2) is 0 Å². The predicted octanol–water partition coefficient (Wildman–Crippen LogP) is 4.16. The lowest BCUT2D eigenvalue weighted by atomic mass is 9.89. The summed E-state index contributed by atoms with van der Waals surface area (Å²) in [6.07, 6.45) is 17.5. The van der Waals surface area contributed by atoms with Crippen molar-refractivity contribution in [3.05, 3.63) is 70.8 Å². The van der Waals surface area contributed by atoms with Crippen LogP contribution in [0.4, 0.5) is 0 Å². The Morgan fingerprint density at radius 1 is 0.875 bits per heavy atom. The highest BCUT2D eigenvalue weighted by Crippen LogP contribution is 2.27. The summed E-state index contributed by atoms with van der Waals surface area (Å²) in [6.45, 7) is 0. The monoisotopic (exact) mass is 206 g/mol. The molecule has 3 rings (SSSR count). The summed E-state index contributed by atoms with van der Waals surface area (Å²) >= 11 is 0. The Morgan fingerprint density at radius 3 is 2.69 bits per heavy atom. The molecule has 1 aromatic carbocycles. The molecule has 0 spiro atoms. The smallest absolute Gasteiger partial charge is 0.00139 e. The van der Waals surface area contributed by atoms with E-state index in [9.17, 15) is 0 Å². The summed E-state index contributed by atoms with van der Waals surface area (Å²) in [6, 6.07) is 6.54. The Bertz CT molecular complexity index is 525. The molecule has 0 atom stereocenters. The Hall–Kier alpha value is -1.82. The fourth-order valence-corrected chi connectivity index (χ4v) is 2.26. The third kappa shape index (κ3) is 1.67. The molecule has 16 heavy (non-hydrogen) atoms. The summed E-state index contributed by atoms with van der Waals surface area (Å²) in [5, 5.41) is 0. The summed E-state index contributed by atoms with van der Waals surface area (Å²) in [7, 11) is 0. The summed E-state index contributed by atoms with van der Waals surface area (Å²) < 4.78 is 0. The molecule has 0 saturated heterocycles. The van der Waals surface area contributed by atoms with Crippen LogP contribution >= 0.6 is 0 Å². The summed E-state index contributed by atoms with van der Waals surface area (Å²) in [5.74, 6) is 0. The Morgan fingerprint density at radius 2 is 1.75 bits per heavy atom. The van der Waals surface area contributed by atoms with Gasteiger partial charge in [-0.15, -0.1) is 0 Å². The maximum absolute atomic E-state index is 2.24. The average Bonchev–Trinajstić information content (AvgIpc) is 2.34. The second kappa shape index (κ2) is 3.97. The Balaban J connectivity index is 2.20. The number of fused-ring (bicyclic) bond motifs is 1. The van der Waals surface area contributed by atoms with Gasteiger partial charge in [0.15, 0.2) is 0 Å². The van der Waals surface area contributed by atoms with Crippen LogP contribution in [0, 0.1) is 0 Å². The molecule has 78 valence electrons. The summed E-state index contributed by atoms with van der Waals surface area (Å²) in [5.41, 5.74) is 5.58. The highest BCUT2D eigenvalue weighted by molar-refractivity contribution is 5.69. The molecule has 1 aromatic rings. The first-order chi connectivity index (χ1) is 7.93. The Labute approximate surface area is 96.3 Å². The van der Waals surface area contributed by atoms with E-state index in [2.05, 4.69) is 60.7 Å². The molecule has 0 aliphatic heterocycles. The zero-order chi connectivity index (χ0) is 10.8. The molecule has 2 bridgehead atoms. The van der Waals surface area contributed by atoms with Gasteiger partial charge in [0.1, 0.15) is 0 Å². The molecular formula is C16H14. The van der Waals surface area contributed by atoms with E-state index in [1.807, 2.05) is 0 Å². The predicted molar refractivity (Wildman–Crippen MR) is 70.1 cm³/mol. The minimum Gasteiger partial charge on any atom is -0.0807 e. The van der Waals surface area contributed by atoms with Gasteiger partial charge in [0.2, 0.25) is 0 Å². The van der Waals surface area contributed by atoms with E-state index < -0.39 is 0 Å². The first-order valence-corrected chi connectivity index (χ1v) is 5.76. The minimum absolute atomic E-state index is 1.01. The standard InChI is InChI=1S/C16H14/c1-2-4-7-14-8-5-9-15-11-10-13(6-3-1)12-16(14)15/h1,3-11H,2,12H2/b3-1-,7-4-,13-6-. The summed E-state index contributed by atoms with van der Waals surface area (Å²) in [4.78, 5) is 0. The van der Waals surface area contributed by atoms with Gasteiger partial charge in [0.25, 0.3) is 0 Å². The van der Waals surface area contributed by atoms with Gasteiger partial charge in [-0.1, -0.05) is 60.7 Å². The van der Waals surface area contributed by atoms with Gasteiger partial charge in [0.05, 0.1) is 0 Å². The molecule has 0 heterocycles. The highest BCUT2D eigenvalue weighted by atomic mass is 14.1. The van der Waals surface area contributed by atoms with Crippen LogP contribution in [0.3, 0.4) is 0 Å². The van der Waals surface area contributed by atoms with Crippen molar-refractivity contribution in [1.29, 1.82) is 0 Å². The quantitative estimate of drug-likeness (QED) is 0.598. The van der Waals surface area contributed by atoms with E-state index in [-0.39, 0.29) is 0 Å². The van der Waals surface area contributed by atoms with E-state index in [1.54, 1.807) is 0 Å². The normalized spacial score (nSPS) is 24.4. The highest BCUT2D eigenvalue weighted by Gasteiger charge is 2.10. The van der Waals surface area contributed by atoms with Gasteiger partial charge in [-0.2, -0.15) is 0 Å². The van der Waals surface area contributed by atoms with Gasteiger partial charge in [-0.3, -0.25) is 0 Å². The molecule has 0 amide bonds. The lowest BCUT2D eigenvalue weighted by molar-refractivity contribution is 1.16. The topological polar surface area (TPSA) is 0 Å². The van der Waals surface area contributed by atoms with Crippen LogP contribution in [0.15, 0.2) is 54.2 Å². The Kier molecular flexibility index (Phi) is 2.34. The SMILES string of the molecule is C1=Cc2cccc3c2C/C1=C\C=C/C/C=C\3. The van der Waals surface area contributed by atoms with Crippen molar-refractivity contribution in [3.63, 3.8) is 0 Å². The van der Waals surface area contributed by atoms with Crippen LogP contribution in [0.1, 0.15) is 23.1 Å². The molecule has 2 aliphatic carbocycles. The van der Waals surface area contributed by atoms with Crippen LogP contribution in [-0.4, -0.2) is 0 Å². The molecule has 0 heteroatoms. The van der Waals surface area contributed by atoms with E-state index in [0.717, 1.165) is 12.8 Å². The first kappa shape index (κ1) is 9.41. The third-order valence-electron chi connectivity index (χ3n) is 3.12. The second-order valence-corrected chi connectivity index (χ2v) is 4.23. The van der Waals surface area contributed by atoms with Crippen LogP contribution in [-0.2, 0) is 6.42 Å². The average molecular weight is 206 g/mol.